The van der Waals surface area contributed by atoms with Gasteiger partial charge in [0, 0.05) is 49.5 Å². The fraction of sp³-hybridized carbons (Fsp3) is 0.438. The molecule has 0 radical (unpaired) electrons. The number of ether oxygens (including phenoxy) is 1. The van der Waals surface area contributed by atoms with Gasteiger partial charge in [-0.3, -0.25) is 9.78 Å². The Labute approximate surface area is 139 Å². The second kappa shape index (κ2) is 7.16. The zero-order valence-corrected chi connectivity index (χ0v) is 13.6. The third-order valence-electron chi connectivity index (χ3n) is 3.99. The summed E-state index contributed by atoms with van der Waals surface area (Å²) in [6, 6.07) is 3.87. The van der Waals surface area contributed by atoms with Crippen molar-refractivity contribution in [2.45, 2.75) is 24.8 Å². The summed E-state index contributed by atoms with van der Waals surface area (Å²) in [6.45, 7) is 1.64. The van der Waals surface area contributed by atoms with Gasteiger partial charge in [0.25, 0.3) is 0 Å². The van der Waals surface area contributed by atoms with Crippen molar-refractivity contribution in [3.05, 3.63) is 34.9 Å². The highest BCUT2D eigenvalue weighted by atomic mass is 32.1. The number of rotatable bonds is 5. The molecule has 1 aliphatic heterocycles. The number of pyridine rings is 1. The smallest absolute Gasteiger partial charge is 0.240 e. The van der Waals surface area contributed by atoms with Crippen LogP contribution in [0.25, 0.3) is 11.3 Å². The molecule has 0 atom stereocenters. The number of amides is 1. The molecule has 122 valence electrons. The van der Waals surface area contributed by atoms with Gasteiger partial charge in [0.2, 0.25) is 5.91 Å². The molecule has 0 unspecified atom stereocenters. The van der Waals surface area contributed by atoms with Gasteiger partial charge in [0.05, 0.1) is 16.2 Å². The van der Waals surface area contributed by atoms with Crippen LogP contribution in [0.2, 0.25) is 0 Å². The van der Waals surface area contributed by atoms with E-state index in [1.165, 1.54) is 0 Å². The number of nitrogens with two attached hydrogens (primary N) is 1. The SMILES string of the molecule is NC1(C(=O)NCCc2nc(-c3ccncc3)cs2)CCOCC1. The minimum absolute atomic E-state index is 0.0910. The first kappa shape index (κ1) is 16.0. The van der Waals surface area contributed by atoms with E-state index in [4.69, 9.17) is 10.5 Å². The maximum absolute atomic E-state index is 12.2. The summed E-state index contributed by atoms with van der Waals surface area (Å²) in [5.74, 6) is -0.0910. The molecule has 0 spiro atoms. The summed E-state index contributed by atoms with van der Waals surface area (Å²) in [4.78, 5) is 20.8. The molecule has 1 saturated heterocycles. The van der Waals surface area contributed by atoms with Gasteiger partial charge in [-0.15, -0.1) is 11.3 Å². The van der Waals surface area contributed by atoms with Gasteiger partial charge in [-0.05, 0) is 25.0 Å². The molecule has 0 aliphatic carbocycles. The van der Waals surface area contributed by atoms with Crippen LogP contribution in [0.1, 0.15) is 17.8 Å². The summed E-state index contributed by atoms with van der Waals surface area (Å²) in [5.41, 5.74) is 7.36. The molecule has 3 rings (SSSR count). The first-order chi connectivity index (χ1) is 11.2. The van der Waals surface area contributed by atoms with E-state index in [-0.39, 0.29) is 5.91 Å². The van der Waals surface area contributed by atoms with Crippen molar-refractivity contribution < 1.29 is 9.53 Å². The van der Waals surface area contributed by atoms with Crippen LogP contribution < -0.4 is 11.1 Å². The zero-order chi connectivity index (χ0) is 16.1. The van der Waals surface area contributed by atoms with E-state index in [0.29, 0.717) is 39.0 Å². The topological polar surface area (TPSA) is 90.1 Å². The van der Waals surface area contributed by atoms with E-state index in [1.54, 1.807) is 23.7 Å². The van der Waals surface area contributed by atoms with Crippen molar-refractivity contribution in [3.63, 3.8) is 0 Å². The average molecular weight is 332 g/mol. The van der Waals surface area contributed by atoms with Crippen LogP contribution in [0.3, 0.4) is 0 Å². The Morgan fingerprint density at radius 3 is 2.83 bits per heavy atom. The minimum atomic E-state index is -0.788. The van der Waals surface area contributed by atoms with Crippen molar-refractivity contribution in [2.24, 2.45) is 5.73 Å². The predicted octanol–water partition coefficient (Wildman–Crippen LogP) is 1.37. The highest BCUT2D eigenvalue weighted by Crippen LogP contribution is 2.21. The normalized spacial score (nSPS) is 16.9. The first-order valence-corrected chi connectivity index (χ1v) is 8.55. The van der Waals surface area contributed by atoms with E-state index in [2.05, 4.69) is 15.3 Å². The Morgan fingerprint density at radius 1 is 1.35 bits per heavy atom. The highest BCUT2D eigenvalue weighted by molar-refractivity contribution is 7.09. The molecule has 2 aromatic heterocycles. The summed E-state index contributed by atoms with van der Waals surface area (Å²) in [7, 11) is 0. The molecule has 0 aromatic carbocycles. The molecule has 2 aromatic rings. The first-order valence-electron chi connectivity index (χ1n) is 7.67. The van der Waals surface area contributed by atoms with Crippen molar-refractivity contribution >= 4 is 17.2 Å². The van der Waals surface area contributed by atoms with Gasteiger partial charge in [-0.25, -0.2) is 4.98 Å². The molecule has 7 heteroatoms. The zero-order valence-electron chi connectivity index (χ0n) is 12.8. The number of nitrogens with zero attached hydrogens (tertiary/aromatic N) is 2. The lowest BCUT2D eigenvalue weighted by atomic mass is 9.90. The lowest BCUT2D eigenvalue weighted by Gasteiger charge is -2.31. The average Bonchev–Trinajstić information content (AvgIpc) is 3.05. The standard InChI is InChI=1S/C16H20N4O2S/c17-16(4-9-22-10-5-16)15(21)19-8-3-14-20-13(11-23-14)12-1-6-18-7-2-12/h1-2,6-7,11H,3-5,8-10,17H2,(H,19,21). The number of thiazole rings is 1. The number of hydrogen-bond acceptors (Lipinski definition) is 6. The molecule has 1 aliphatic rings. The maximum Gasteiger partial charge on any atom is 0.240 e. The molecule has 23 heavy (non-hydrogen) atoms. The summed E-state index contributed by atoms with van der Waals surface area (Å²) >= 11 is 1.60. The Morgan fingerprint density at radius 2 is 2.09 bits per heavy atom. The molecule has 3 N–H and O–H groups in total. The number of carbonyl (C=O) groups excluding carboxylic acids is 1. The Balaban J connectivity index is 1.51. The monoisotopic (exact) mass is 332 g/mol. The Bertz CT molecular complexity index is 653. The van der Waals surface area contributed by atoms with Crippen LogP contribution in [0.15, 0.2) is 29.9 Å². The van der Waals surface area contributed by atoms with Gasteiger partial charge in [0.1, 0.15) is 0 Å². The van der Waals surface area contributed by atoms with Gasteiger partial charge in [-0.2, -0.15) is 0 Å². The van der Waals surface area contributed by atoms with Crippen LogP contribution in [0, 0.1) is 0 Å². The lowest BCUT2D eigenvalue weighted by Crippen LogP contribution is -2.57. The third kappa shape index (κ3) is 3.93. The summed E-state index contributed by atoms with van der Waals surface area (Å²) < 4.78 is 5.26. The third-order valence-corrected chi connectivity index (χ3v) is 4.90. The van der Waals surface area contributed by atoms with Gasteiger partial charge < -0.3 is 15.8 Å². The Hall–Kier alpha value is -1.83. The highest BCUT2D eigenvalue weighted by Gasteiger charge is 2.35. The molecule has 3 heterocycles. The van der Waals surface area contributed by atoms with E-state index in [9.17, 15) is 4.79 Å². The van der Waals surface area contributed by atoms with Crippen LogP contribution in [0.4, 0.5) is 0 Å². The summed E-state index contributed by atoms with van der Waals surface area (Å²) in [5, 5.41) is 5.95. The van der Waals surface area contributed by atoms with Crippen molar-refractivity contribution in [1.82, 2.24) is 15.3 Å². The van der Waals surface area contributed by atoms with E-state index in [0.717, 1.165) is 16.3 Å². The predicted molar refractivity (Wildman–Crippen MR) is 89.0 cm³/mol. The van der Waals surface area contributed by atoms with Crippen LogP contribution in [0.5, 0.6) is 0 Å². The molecule has 1 fully saturated rings. The van der Waals surface area contributed by atoms with Gasteiger partial charge in [0.15, 0.2) is 0 Å². The minimum Gasteiger partial charge on any atom is -0.381 e. The van der Waals surface area contributed by atoms with E-state index in [1.807, 2.05) is 17.5 Å². The van der Waals surface area contributed by atoms with Crippen molar-refractivity contribution in [1.29, 1.82) is 0 Å². The van der Waals surface area contributed by atoms with Crippen LogP contribution in [-0.4, -0.2) is 41.2 Å². The van der Waals surface area contributed by atoms with Crippen molar-refractivity contribution in [2.75, 3.05) is 19.8 Å². The second-order valence-corrected chi connectivity index (χ2v) is 6.58. The molecule has 6 nitrogen and oxygen atoms in total. The number of nitrogens with one attached hydrogen (secondary N) is 1. The maximum atomic E-state index is 12.2. The largest absolute Gasteiger partial charge is 0.381 e. The number of hydrogen-bond donors (Lipinski definition) is 2. The summed E-state index contributed by atoms with van der Waals surface area (Å²) in [6.07, 6.45) is 5.35. The second-order valence-electron chi connectivity index (χ2n) is 5.64. The van der Waals surface area contributed by atoms with E-state index < -0.39 is 5.54 Å². The van der Waals surface area contributed by atoms with Gasteiger partial charge in [-0.1, -0.05) is 0 Å². The fourth-order valence-corrected chi connectivity index (χ4v) is 3.31. The quantitative estimate of drug-likeness (QED) is 0.863. The number of aromatic nitrogens is 2. The molecular formula is C16H20N4O2S. The molecule has 0 bridgehead atoms. The molecular weight excluding hydrogens is 312 g/mol. The fourth-order valence-electron chi connectivity index (χ4n) is 2.50. The van der Waals surface area contributed by atoms with E-state index >= 15 is 0 Å². The molecule has 0 saturated carbocycles. The van der Waals surface area contributed by atoms with Gasteiger partial charge >= 0.3 is 0 Å². The lowest BCUT2D eigenvalue weighted by molar-refractivity contribution is -0.129. The number of carbonyl (C=O) groups is 1. The molecule has 1 amide bonds. The van der Waals surface area contributed by atoms with Crippen molar-refractivity contribution in [3.8, 4) is 11.3 Å². The van der Waals surface area contributed by atoms with Crippen LogP contribution >= 0.6 is 11.3 Å². The Kier molecular flexibility index (Phi) is 5.00. The van der Waals surface area contributed by atoms with Crippen LogP contribution in [-0.2, 0) is 16.0 Å².